The van der Waals surface area contributed by atoms with Gasteiger partial charge in [-0.25, -0.2) is 0 Å². The maximum Gasteiger partial charge on any atom is 0.225 e. The molecule has 0 saturated heterocycles. The van der Waals surface area contributed by atoms with Crippen molar-refractivity contribution in [2.45, 2.75) is 65.6 Å². The van der Waals surface area contributed by atoms with Gasteiger partial charge in [-0.1, -0.05) is 47.6 Å². The van der Waals surface area contributed by atoms with Crippen LogP contribution in [0.4, 0.5) is 0 Å². The smallest absolute Gasteiger partial charge is 0.225 e. The number of aromatic nitrogens is 2. The molecule has 218 valence electrons. The van der Waals surface area contributed by atoms with E-state index in [-0.39, 0.29) is 18.4 Å². The molecule has 5 rings (SSSR count). The van der Waals surface area contributed by atoms with Gasteiger partial charge < -0.3 is 24.7 Å². The van der Waals surface area contributed by atoms with Crippen molar-refractivity contribution in [2.24, 2.45) is 5.73 Å². The molecule has 2 aromatic carbocycles. The van der Waals surface area contributed by atoms with Gasteiger partial charge in [-0.15, -0.1) is 0 Å². The first-order chi connectivity index (χ1) is 20.0. The second-order valence-corrected chi connectivity index (χ2v) is 11.7. The van der Waals surface area contributed by atoms with Crippen molar-refractivity contribution in [1.82, 2.24) is 15.5 Å². The number of nitrogens with zero attached hydrogens (tertiary/aromatic N) is 2. The minimum atomic E-state index is -0.534. The van der Waals surface area contributed by atoms with E-state index < -0.39 is 11.6 Å². The number of nitrogens with two attached hydrogens (primary N) is 1. The Morgan fingerprint density at radius 2 is 1.81 bits per heavy atom. The molecule has 0 saturated carbocycles. The number of aryl methyl sites for hydroxylation is 4. The molecular formula is C34H38N4O4. The highest BCUT2D eigenvalue weighted by molar-refractivity contribution is 5.83. The fourth-order valence-corrected chi connectivity index (χ4v) is 5.20. The quantitative estimate of drug-likeness (QED) is 0.203. The molecule has 8 nitrogen and oxygen atoms in total. The van der Waals surface area contributed by atoms with Gasteiger partial charge in [0.2, 0.25) is 5.91 Å². The fourth-order valence-electron chi connectivity index (χ4n) is 5.20. The minimum Gasteiger partial charge on any atom is -0.458 e. The molecular weight excluding hydrogens is 528 g/mol. The zero-order valence-electron chi connectivity index (χ0n) is 25.0. The van der Waals surface area contributed by atoms with Crippen molar-refractivity contribution in [3.05, 3.63) is 118 Å². The van der Waals surface area contributed by atoms with Crippen LogP contribution in [0.15, 0.2) is 75.8 Å². The molecule has 5 aromatic rings. The predicted molar refractivity (Wildman–Crippen MR) is 162 cm³/mol. The third kappa shape index (κ3) is 6.61. The summed E-state index contributed by atoms with van der Waals surface area (Å²) in [6.45, 7) is 11.9. The Bertz CT molecular complexity index is 1680. The molecule has 8 heteroatoms. The van der Waals surface area contributed by atoms with E-state index in [9.17, 15) is 4.79 Å². The second kappa shape index (κ2) is 11.9. The van der Waals surface area contributed by atoms with Gasteiger partial charge >= 0.3 is 0 Å². The molecule has 0 aliphatic rings. The normalized spacial score (nSPS) is 13.3. The summed E-state index contributed by atoms with van der Waals surface area (Å²) in [5, 5.41) is 8.20. The number of ether oxygens (including phenoxy) is 1. The topological polar surface area (TPSA) is 116 Å². The lowest BCUT2D eigenvalue weighted by molar-refractivity contribution is -0.121. The number of amides is 1. The maximum absolute atomic E-state index is 13.4. The first kappa shape index (κ1) is 29.2. The van der Waals surface area contributed by atoms with Crippen LogP contribution < -0.4 is 11.1 Å². The molecule has 0 bridgehead atoms. The number of hydrogen-bond donors (Lipinski definition) is 2. The highest BCUT2D eigenvalue weighted by atomic mass is 16.5. The molecule has 3 N–H and O–H groups in total. The lowest BCUT2D eigenvalue weighted by Gasteiger charge is -2.23. The lowest BCUT2D eigenvalue weighted by Crippen LogP contribution is -2.38. The number of nitrogens with one attached hydrogen (secondary N) is 1. The number of rotatable bonds is 10. The van der Waals surface area contributed by atoms with Crippen LogP contribution in [0.5, 0.6) is 0 Å². The third-order valence-electron chi connectivity index (χ3n) is 7.16. The van der Waals surface area contributed by atoms with Crippen molar-refractivity contribution < 1.29 is 18.5 Å². The van der Waals surface area contributed by atoms with E-state index in [1.807, 2.05) is 102 Å². The van der Waals surface area contributed by atoms with Crippen molar-refractivity contribution in [3.8, 4) is 0 Å². The Kier molecular flexibility index (Phi) is 8.29. The summed E-state index contributed by atoms with van der Waals surface area (Å²) in [6.07, 6.45) is 1.51. The zero-order chi connectivity index (χ0) is 30.0. The van der Waals surface area contributed by atoms with Crippen molar-refractivity contribution in [2.75, 3.05) is 6.61 Å². The van der Waals surface area contributed by atoms with E-state index in [4.69, 9.17) is 19.4 Å². The average Bonchev–Trinajstić information content (AvgIpc) is 3.50. The Balaban J connectivity index is 1.40. The monoisotopic (exact) mass is 566 g/mol. The molecule has 0 spiro atoms. The van der Waals surface area contributed by atoms with Crippen LogP contribution in [0, 0.1) is 27.7 Å². The molecule has 0 aliphatic heterocycles. The zero-order valence-corrected chi connectivity index (χ0v) is 25.0. The molecule has 1 amide bonds. The Morgan fingerprint density at radius 1 is 1.05 bits per heavy atom. The van der Waals surface area contributed by atoms with Gasteiger partial charge in [-0.2, -0.15) is 0 Å². The summed E-state index contributed by atoms with van der Waals surface area (Å²) < 4.78 is 18.0. The van der Waals surface area contributed by atoms with Crippen LogP contribution in [-0.2, 0) is 16.0 Å². The summed E-state index contributed by atoms with van der Waals surface area (Å²) in [7, 11) is 0. The molecule has 0 fully saturated rings. The highest BCUT2D eigenvalue weighted by Crippen LogP contribution is 2.35. The molecule has 0 aliphatic carbocycles. The van der Waals surface area contributed by atoms with E-state index in [1.165, 1.54) is 0 Å². The maximum atomic E-state index is 13.4. The highest BCUT2D eigenvalue weighted by Gasteiger charge is 2.28. The number of fused-ring (bicyclic) bond motifs is 1. The van der Waals surface area contributed by atoms with Crippen LogP contribution in [0.1, 0.15) is 76.7 Å². The number of pyridine rings is 1. The van der Waals surface area contributed by atoms with E-state index in [1.54, 1.807) is 0 Å². The van der Waals surface area contributed by atoms with E-state index in [2.05, 4.69) is 21.5 Å². The van der Waals surface area contributed by atoms with Gasteiger partial charge in [0.15, 0.2) is 0 Å². The molecule has 2 atom stereocenters. The van der Waals surface area contributed by atoms with E-state index in [0.717, 1.165) is 44.6 Å². The van der Waals surface area contributed by atoms with Crippen LogP contribution in [0.25, 0.3) is 11.0 Å². The Morgan fingerprint density at radius 3 is 2.48 bits per heavy atom. The van der Waals surface area contributed by atoms with Crippen LogP contribution >= 0.6 is 0 Å². The predicted octanol–water partition coefficient (Wildman–Crippen LogP) is 6.34. The summed E-state index contributed by atoms with van der Waals surface area (Å²) >= 11 is 0. The van der Waals surface area contributed by atoms with Crippen molar-refractivity contribution in [1.29, 1.82) is 0 Å². The first-order valence-corrected chi connectivity index (χ1v) is 14.1. The number of benzene rings is 2. The largest absolute Gasteiger partial charge is 0.458 e. The lowest BCUT2D eigenvalue weighted by atomic mass is 9.98. The number of furan rings is 1. The standard InChI is InChI=1S/C34H38N4O4/c1-20-14-21(2)31(36-18-20)32(25-10-8-7-9-11-25)37-29(39)16-24-12-13-27-26(15-24)17-28(41-27)33(40-19-34(5,6)35)30-22(3)38-42-23(30)4/h7-15,17-18,32-33H,16,19,35H2,1-6H3,(H,37,39)/t32-,33-/m0/s1. The first-order valence-electron chi connectivity index (χ1n) is 14.1. The van der Waals surface area contributed by atoms with Gasteiger partial charge in [0.05, 0.1) is 36.0 Å². The van der Waals surface area contributed by atoms with Crippen LogP contribution in [-0.4, -0.2) is 28.2 Å². The number of hydrogen-bond acceptors (Lipinski definition) is 7. The third-order valence-corrected chi connectivity index (χ3v) is 7.16. The van der Waals surface area contributed by atoms with Gasteiger partial charge in [0.1, 0.15) is 23.2 Å². The number of carbonyl (C=O) groups is 1. The average molecular weight is 567 g/mol. The second-order valence-electron chi connectivity index (χ2n) is 11.7. The Labute approximate surface area is 246 Å². The molecule has 3 aromatic heterocycles. The minimum absolute atomic E-state index is 0.101. The van der Waals surface area contributed by atoms with Crippen LogP contribution in [0.2, 0.25) is 0 Å². The Hall–Kier alpha value is -4.27. The van der Waals surface area contributed by atoms with Crippen molar-refractivity contribution >= 4 is 16.9 Å². The van der Waals surface area contributed by atoms with Gasteiger partial charge in [-0.05, 0) is 82.0 Å². The molecule has 0 unspecified atom stereocenters. The van der Waals surface area contributed by atoms with E-state index >= 15 is 0 Å². The molecule has 3 heterocycles. The summed E-state index contributed by atoms with van der Waals surface area (Å²) in [6, 6.07) is 19.4. The summed E-state index contributed by atoms with van der Waals surface area (Å²) in [5.74, 6) is 1.18. The van der Waals surface area contributed by atoms with Crippen LogP contribution in [0.3, 0.4) is 0 Å². The summed E-state index contributed by atoms with van der Waals surface area (Å²) in [4.78, 5) is 18.1. The van der Waals surface area contributed by atoms with Crippen molar-refractivity contribution in [3.63, 3.8) is 0 Å². The van der Waals surface area contributed by atoms with Gasteiger partial charge in [-0.3, -0.25) is 9.78 Å². The SMILES string of the molecule is Cc1cnc([C@@H](NC(=O)Cc2ccc3oc([C@H](OCC(C)(C)N)c4c(C)noc4C)cc3c2)c2ccccc2)c(C)c1. The van der Waals surface area contributed by atoms with E-state index in [0.29, 0.717) is 23.7 Å². The summed E-state index contributed by atoms with van der Waals surface area (Å²) in [5.41, 5.74) is 12.7. The van der Waals surface area contributed by atoms with Gasteiger partial charge in [0, 0.05) is 17.1 Å². The molecule has 0 radical (unpaired) electrons. The molecule has 42 heavy (non-hydrogen) atoms. The fraction of sp³-hybridized carbons (Fsp3) is 0.324. The van der Waals surface area contributed by atoms with Gasteiger partial charge in [0.25, 0.3) is 0 Å². The number of carbonyl (C=O) groups excluding carboxylic acids is 1.